The summed E-state index contributed by atoms with van der Waals surface area (Å²) in [4.78, 5) is 14.4. The van der Waals surface area contributed by atoms with Gasteiger partial charge in [0.15, 0.2) is 6.54 Å². The first-order valence-corrected chi connectivity index (χ1v) is 11.8. The Morgan fingerprint density at radius 3 is 2.14 bits per heavy atom. The van der Waals surface area contributed by atoms with Gasteiger partial charge in [-0.2, -0.15) is 4.31 Å². The molecule has 1 amide bonds. The number of hydrogen-bond acceptors (Lipinski definition) is 3. The zero-order valence-electron chi connectivity index (χ0n) is 16.4. The van der Waals surface area contributed by atoms with E-state index in [-0.39, 0.29) is 23.9 Å². The first kappa shape index (κ1) is 21.2. The number of sulfonamides is 1. The third kappa shape index (κ3) is 5.52. The van der Waals surface area contributed by atoms with Crippen LogP contribution in [0.1, 0.15) is 44.9 Å². The number of nitrogens with two attached hydrogens (primary N) is 1. The van der Waals surface area contributed by atoms with Crippen molar-refractivity contribution in [1.29, 1.82) is 0 Å². The Kier molecular flexibility index (Phi) is 7.42. The Labute approximate surface area is 167 Å². The van der Waals surface area contributed by atoms with Gasteiger partial charge in [-0.05, 0) is 49.9 Å². The van der Waals surface area contributed by atoms with Crippen molar-refractivity contribution in [3.05, 3.63) is 30.1 Å². The second-order valence-corrected chi connectivity index (χ2v) is 9.72. The number of rotatable bonds is 5. The van der Waals surface area contributed by atoms with Crippen molar-refractivity contribution < 1.29 is 22.9 Å². The third-order valence-electron chi connectivity index (χ3n) is 5.82. The molecule has 2 aliphatic rings. The summed E-state index contributed by atoms with van der Waals surface area (Å²) < 4.78 is 39.8. The molecule has 0 aromatic heterocycles. The third-order valence-corrected chi connectivity index (χ3v) is 7.73. The minimum absolute atomic E-state index is 0.0842. The fourth-order valence-corrected chi connectivity index (χ4v) is 5.48. The molecule has 8 heteroatoms. The summed E-state index contributed by atoms with van der Waals surface area (Å²) in [5, 5.41) is 2.18. The van der Waals surface area contributed by atoms with Crippen LogP contribution in [0, 0.1) is 5.82 Å². The van der Waals surface area contributed by atoms with E-state index >= 15 is 0 Å². The van der Waals surface area contributed by atoms with Gasteiger partial charge in [0.2, 0.25) is 10.0 Å². The predicted molar refractivity (Wildman–Crippen MR) is 105 cm³/mol. The smallest absolute Gasteiger partial charge is 0.277 e. The first-order chi connectivity index (χ1) is 13.5. The van der Waals surface area contributed by atoms with Gasteiger partial charge in [0.05, 0.1) is 10.9 Å². The van der Waals surface area contributed by atoms with Crippen LogP contribution < -0.4 is 5.32 Å². The summed E-state index contributed by atoms with van der Waals surface area (Å²) in [6.45, 7) is 1.79. The molecule has 1 aliphatic carbocycles. The van der Waals surface area contributed by atoms with Gasteiger partial charge in [-0.1, -0.05) is 19.3 Å². The first-order valence-electron chi connectivity index (χ1n) is 10.3. The van der Waals surface area contributed by atoms with Crippen molar-refractivity contribution in [1.82, 2.24) is 9.21 Å². The number of quaternary nitrogens is 1. The van der Waals surface area contributed by atoms with E-state index in [2.05, 4.69) is 5.32 Å². The van der Waals surface area contributed by atoms with Crippen LogP contribution in [0.4, 0.5) is 4.39 Å². The molecule has 156 valence electrons. The van der Waals surface area contributed by atoms with E-state index in [1.54, 1.807) is 4.90 Å². The van der Waals surface area contributed by atoms with Crippen LogP contribution in [0.2, 0.25) is 0 Å². The molecule has 2 fully saturated rings. The van der Waals surface area contributed by atoms with Crippen LogP contribution in [0.25, 0.3) is 0 Å². The molecule has 0 unspecified atom stereocenters. The quantitative estimate of drug-likeness (QED) is 0.793. The van der Waals surface area contributed by atoms with E-state index in [9.17, 15) is 17.6 Å². The molecular formula is C20H31FN3O3S+. The Hall–Kier alpha value is -1.51. The van der Waals surface area contributed by atoms with Crippen molar-refractivity contribution >= 4 is 15.9 Å². The highest BCUT2D eigenvalue weighted by Gasteiger charge is 2.30. The SMILES string of the molecule is O=C(C[NH2+]C1CCCCCCC1)N1CCN(S(=O)(=O)c2ccc(F)cc2)CC1. The summed E-state index contributed by atoms with van der Waals surface area (Å²) in [6.07, 6.45) is 8.76. The molecule has 1 aromatic carbocycles. The van der Waals surface area contributed by atoms with Crippen LogP contribution >= 0.6 is 0 Å². The Balaban J connectivity index is 1.47. The maximum absolute atomic E-state index is 13.1. The molecule has 0 atom stereocenters. The normalized spacial score (nSPS) is 20.5. The second kappa shape index (κ2) is 9.80. The van der Waals surface area contributed by atoms with Crippen molar-refractivity contribution in [3.8, 4) is 0 Å². The minimum Gasteiger partial charge on any atom is -0.336 e. The molecule has 28 heavy (non-hydrogen) atoms. The van der Waals surface area contributed by atoms with E-state index in [0.717, 1.165) is 12.1 Å². The fourth-order valence-electron chi connectivity index (χ4n) is 4.05. The molecule has 6 nitrogen and oxygen atoms in total. The van der Waals surface area contributed by atoms with Crippen LogP contribution in [-0.4, -0.2) is 62.3 Å². The molecule has 1 aromatic rings. The number of piperazine rings is 1. The van der Waals surface area contributed by atoms with E-state index in [0.29, 0.717) is 25.7 Å². The molecule has 3 rings (SSSR count). The van der Waals surface area contributed by atoms with Crippen LogP contribution in [0.5, 0.6) is 0 Å². The van der Waals surface area contributed by atoms with Crippen molar-refractivity contribution in [2.75, 3.05) is 32.7 Å². The number of carbonyl (C=O) groups excluding carboxylic acids is 1. The molecule has 1 saturated heterocycles. The molecule has 0 radical (unpaired) electrons. The number of nitrogens with zero attached hydrogens (tertiary/aromatic N) is 2. The highest BCUT2D eigenvalue weighted by Crippen LogP contribution is 2.18. The number of benzene rings is 1. The Morgan fingerprint density at radius 2 is 1.54 bits per heavy atom. The summed E-state index contributed by atoms with van der Waals surface area (Å²) in [7, 11) is -3.64. The average molecular weight is 413 g/mol. The van der Waals surface area contributed by atoms with Crippen molar-refractivity contribution in [2.24, 2.45) is 0 Å². The zero-order chi connectivity index (χ0) is 20.0. The second-order valence-electron chi connectivity index (χ2n) is 7.78. The lowest BCUT2D eigenvalue weighted by Crippen LogP contribution is -2.92. The lowest BCUT2D eigenvalue weighted by Gasteiger charge is -2.33. The van der Waals surface area contributed by atoms with E-state index in [4.69, 9.17) is 0 Å². The number of carbonyl (C=O) groups is 1. The van der Waals surface area contributed by atoms with Gasteiger partial charge in [-0.15, -0.1) is 0 Å². The lowest BCUT2D eigenvalue weighted by atomic mass is 9.97. The van der Waals surface area contributed by atoms with Crippen LogP contribution in [0.15, 0.2) is 29.2 Å². The van der Waals surface area contributed by atoms with Gasteiger partial charge in [0, 0.05) is 26.2 Å². The van der Waals surface area contributed by atoms with E-state index < -0.39 is 15.8 Å². The van der Waals surface area contributed by atoms with Gasteiger partial charge in [0.25, 0.3) is 5.91 Å². The highest BCUT2D eigenvalue weighted by atomic mass is 32.2. The number of amides is 1. The standard InChI is InChI=1S/C20H30FN3O3S/c21-17-8-10-19(11-9-17)28(26,27)24-14-12-23(13-15-24)20(25)16-22-18-6-4-2-1-3-5-7-18/h8-11,18,22H,1-7,12-16H2/p+1. The maximum Gasteiger partial charge on any atom is 0.277 e. The molecule has 2 N–H and O–H groups in total. The number of hydrogen-bond donors (Lipinski definition) is 1. The van der Waals surface area contributed by atoms with Crippen LogP contribution in [0.3, 0.4) is 0 Å². The predicted octanol–water partition coefficient (Wildman–Crippen LogP) is 1.33. The van der Waals surface area contributed by atoms with E-state index in [1.165, 1.54) is 61.4 Å². The number of halogens is 1. The summed E-state index contributed by atoms with van der Waals surface area (Å²) >= 11 is 0. The molecule has 1 heterocycles. The molecule has 0 spiro atoms. The lowest BCUT2D eigenvalue weighted by molar-refractivity contribution is -0.681. The van der Waals surface area contributed by atoms with Crippen LogP contribution in [-0.2, 0) is 14.8 Å². The van der Waals surface area contributed by atoms with Crippen molar-refractivity contribution in [3.63, 3.8) is 0 Å². The largest absolute Gasteiger partial charge is 0.336 e. The highest BCUT2D eigenvalue weighted by molar-refractivity contribution is 7.89. The topological polar surface area (TPSA) is 74.3 Å². The summed E-state index contributed by atoms with van der Waals surface area (Å²) in [5.74, 6) is -0.379. The molecule has 1 aliphatic heterocycles. The molecule has 0 bridgehead atoms. The minimum atomic E-state index is -3.64. The van der Waals surface area contributed by atoms with Gasteiger partial charge in [-0.25, -0.2) is 12.8 Å². The summed E-state index contributed by atoms with van der Waals surface area (Å²) in [5.41, 5.74) is 0. The van der Waals surface area contributed by atoms with E-state index in [1.807, 2.05) is 0 Å². The van der Waals surface area contributed by atoms with Gasteiger partial charge < -0.3 is 10.2 Å². The molecule has 1 saturated carbocycles. The monoisotopic (exact) mass is 412 g/mol. The van der Waals surface area contributed by atoms with Crippen molar-refractivity contribution in [2.45, 2.75) is 55.9 Å². The summed E-state index contributed by atoms with van der Waals surface area (Å²) in [6, 6.07) is 5.40. The molecular weight excluding hydrogens is 381 g/mol. The van der Waals surface area contributed by atoms with Gasteiger partial charge in [-0.3, -0.25) is 4.79 Å². The Bertz CT molecular complexity index is 738. The average Bonchev–Trinajstić information content (AvgIpc) is 2.67. The Morgan fingerprint density at radius 1 is 0.964 bits per heavy atom. The van der Waals surface area contributed by atoms with Gasteiger partial charge in [0.1, 0.15) is 5.82 Å². The fraction of sp³-hybridized carbons (Fsp3) is 0.650. The maximum atomic E-state index is 13.1. The van der Waals surface area contributed by atoms with Gasteiger partial charge >= 0.3 is 0 Å². The zero-order valence-corrected chi connectivity index (χ0v) is 17.2.